The fourth-order valence-corrected chi connectivity index (χ4v) is 5.50. The molecule has 6 nitrogen and oxygen atoms in total. The van der Waals surface area contributed by atoms with E-state index < -0.39 is 5.83 Å². The van der Waals surface area contributed by atoms with Gasteiger partial charge in [0.2, 0.25) is 5.91 Å². The van der Waals surface area contributed by atoms with E-state index in [0.29, 0.717) is 30.0 Å². The molecule has 2 aliphatic heterocycles. The number of aryl methyl sites for hydroxylation is 1. The summed E-state index contributed by atoms with van der Waals surface area (Å²) in [4.78, 5) is 29.0. The topological polar surface area (TPSA) is 61.7 Å². The van der Waals surface area contributed by atoms with Gasteiger partial charge in [-0.15, -0.1) is 0 Å². The molecule has 0 N–H and O–H groups in total. The molecule has 35 heavy (non-hydrogen) atoms. The summed E-state index contributed by atoms with van der Waals surface area (Å²) in [7, 11) is 0. The highest BCUT2D eigenvalue weighted by Crippen LogP contribution is 2.40. The second-order valence-electron chi connectivity index (χ2n) is 8.98. The van der Waals surface area contributed by atoms with Crippen LogP contribution in [0.5, 0.6) is 0 Å². The van der Waals surface area contributed by atoms with E-state index in [1.807, 2.05) is 42.2 Å². The van der Waals surface area contributed by atoms with E-state index in [4.69, 9.17) is 0 Å². The van der Waals surface area contributed by atoms with E-state index in [1.165, 1.54) is 12.4 Å². The number of fused-ring (bicyclic) bond motifs is 2. The number of hydrogen-bond donors (Lipinski definition) is 0. The zero-order valence-corrected chi connectivity index (χ0v) is 20.0. The summed E-state index contributed by atoms with van der Waals surface area (Å²) in [6.07, 6.45) is 4.42. The fraction of sp³-hybridized carbons (Fsp3) is 0.286. The molecular formula is C28H28FN5O. The molecule has 0 spiro atoms. The number of carbonyl (C=O) groups is 1. The number of aromatic nitrogens is 2. The van der Waals surface area contributed by atoms with Crippen LogP contribution in [0.1, 0.15) is 35.7 Å². The number of halogens is 1. The van der Waals surface area contributed by atoms with Crippen LogP contribution >= 0.6 is 0 Å². The molecular weight excluding hydrogens is 441 g/mol. The average molecular weight is 470 g/mol. The van der Waals surface area contributed by atoms with Gasteiger partial charge in [-0.1, -0.05) is 49.9 Å². The monoisotopic (exact) mass is 469 g/mol. The van der Waals surface area contributed by atoms with Crippen LogP contribution in [0.25, 0.3) is 22.3 Å². The molecule has 5 rings (SSSR count). The van der Waals surface area contributed by atoms with E-state index in [-0.39, 0.29) is 29.4 Å². The standard InChI is InChI=1S/C28H28FN5O/c1-5-18-9-7-10-19-11-8-12-20(24(18)19)27(30-4)25(29)26-17(3)28(32-16-31-26)34-15-22-21(34)13-14-33(22)23(35)6-2/h6-12,16,21-22H,2,4-5,13-15H2,1,3H3/b27-25+/t21-,22-/m1/s1. The molecule has 1 amide bonds. The van der Waals surface area contributed by atoms with Gasteiger partial charge in [0, 0.05) is 24.2 Å². The lowest BCUT2D eigenvalue weighted by molar-refractivity contribution is -0.127. The van der Waals surface area contributed by atoms with Gasteiger partial charge in [0.15, 0.2) is 5.83 Å². The molecule has 2 fully saturated rings. The second-order valence-corrected chi connectivity index (χ2v) is 8.98. The third kappa shape index (κ3) is 3.62. The smallest absolute Gasteiger partial charge is 0.246 e. The molecule has 2 saturated heterocycles. The Kier molecular flexibility index (Phi) is 5.93. The lowest BCUT2D eigenvalue weighted by Crippen LogP contribution is -2.63. The maximum atomic E-state index is 16.1. The largest absolute Gasteiger partial charge is 0.349 e. The number of anilines is 1. The molecule has 1 aromatic heterocycles. The summed E-state index contributed by atoms with van der Waals surface area (Å²) in [6.45, 7) is 12.6. The molecule has 7 heteroatoms. The molecule has 0 unspecified atom stereocenters. The Morgan fingerprint density at radius 2 is 2.00 bits per heavy atom. The van der Waals surface area contributed by atoms with Crippen LogP contribution in [0.2, 0.25) is 0 Å². The number of hydrogen-bond acceptors (Lipinski definition) is 5. The fourth-order valence-electron chi connectivity index (χ4n) is 5.50. The van der Waals surface area contributed by atoms with E-state index in [0.717, 1.165) is 29.2 Å². The number of amides is 1. The van der Waals surface area contributed by atoms with Gasteiger partial charge >= 0.3 is 0 Å². The molecule has 2 aliphatic rings. The maximum Gasteiger partial charge on any atom is 0.246 e. The van der Waals surface area contributed by atoms with Crippen molar-refractivity contribution >= 4 is 40.7 Å². The normalized spacial score (nSPS) is 19.7. The van der Waals surface area contributed by atoms with Crippen LogP contribution in [-0.4, -0.2) is 52.7 Å². The van der Waals surface area contributed by atoms with Crippen LogP contribution in [-0.2, 0) is 11.2 Å². The van der Waals surface area contributed by atoms with Crippen molar-refractivity contribution in [2.24, 2.45) is 4.99 Å². The Morgan fingerprint density at radius 3 is 2.71 bits per heavy atom. The third-order valence-corrected chi connectivity index (χ3v) is 7.28. The first-order chi connectivity index (χ1) is 17.0. The summed E-state index contributed by atoms with van der Waals surface area (Å²) in [5, 5.41) is 2.01. The molecule has 0 bridgehead atoms. The molecule has 0 saturated carbocycles. The Labute approximate surface area is 204 Å². The van der Waals surface area contributed by atoms with Crippen molar-refractivity contribution in [1.29, 1.82) is 0 Å². The SMILES string of the molecule is C=CC(=O)N1CC[C@@H]2[C@H]1CN2c1ncnc(/C(F)=C(\N=C)c2cccc3cccc(CC)c23)c1C. The average Bonchev–Trinajstić information content (AvgIpc) is 3.20. The van der Waals surface area contributed by atoms with Gasteiger partial charge in [-0.2, -0.15) is 0 Å². The Hall–Kier alpha value is -3.87. The number of carbonyl (C=O) groups excluding carboxylic acids is 1. The Morgan fingerprint density at radius 1 is 1.23 bits per heavy atom. The van der Waals surface area contributed by atoms with Gasteiger partial charge in [-0.3, -0.25) is 9.79 Å². The number of rotatable bonds is 6. The molecule has 2 aromatic carbocycles. The minimum Gasteiger partial charge on any atom is -0.349 e. The first kappa shape index (κ1) is 22.9. The van der Waals surface area contributed by atoms with Crippen LogP contribution in [0.15, 0.2) is 60.4 Å². The lowest BCUT2D eigenvalue weighted by Gasteiger charge is -2.47. The highest BCUT2D eigenvalue weighted by atomic mass is 19.1. The minimum atomic E-state index is -0.522. The van der Waals surface area contributed by atoms with E-state index in [9.17, 15) is 4.79 Å². The second kappa shape index (κ2) is 9.06. The zero-order chi connectivity index (χ0) is 24.7. The molecule has 3 heterocycles. The van der Waals surface area contributed by atoms with Crippen molar-refractivity contribution in [1.82, 2.24) is 14.9 Å². The predicted octanol–water partition coefficient (Wildman–Crippen LogP) is 4.97. The number of nitrogens with zero attached hydrogens (tertiary/aromatic N) is 5. The quantitative estimate of drug-likeness (QED) is 0.378. The maximum absolute atomic E-state index is 16.1. The number of aliphatic imine (C=N–C) groups is 1. The van der Waals surface area contributed by atoms with E-state index >= 15 is 4.39 Å². The van der Waals surface area contributed by atoms with Crippen molar-refractivity contribution in [2.75, 3.05) is 18.0 Å². The molecule has 178 valence electrons. The van der Waals surface area contributed by atoms with Gasteiger partial charge < -0.3 is 9.80 Å². The summed E-state index contributed by atoms with van der Waals surface area (Å²) >= 11 is 0. The number of benzene rings is 2. The zero-order valence-electron chi connectivity index (χ0n) is 20.0. The molecule has 3 aromatic rings. The molecule has 0 radical (unpaired) electrons. The van der Waals surface area contributed by atoms with Gasteiger partial charge in [0.25, 0.3) is 0 Å². The van der Waals surface area contributed by atoms with E-state index in [2.05, 4.69) is 46.1 Å². The van der Waals surface area contributed by atoms with Crippen LogP contribution in [0, 0.1) is 6.92 Å². The molecule has 0 aliphatic carbocycles. The highest BCUT2D eigenvalue weighted by Gasteiger charge is 2.49. The Bertz CT molecular complexity index is 1380. The van der Waals surface area contributed by atoms with Gasteiger partial charge in [0.05, 0.1) is 12.1 Å². The summed E-state index contributed by atoms with van der Waals surface area (Å²) < 4.78 is 16.1. The first-order valence-corrected chi connectivity index (χ1v) is 11.9. The van der Waals surface area contributed by atoms with Gasteiger partial charge in [0.1, 0.15) is 23.5 Å². The van der Waals surface area contributed by atoms with Crippen LogP contribution in [0.3, 0.4) is 0 Å². The highest BCUT2D eigenvalue weighted by molar-refractivity contribution is 6.01. The van der Waals surface area contributed by atoms with Crippen molar-refractivity contribution in [3.05, 3.63) is 77.8 Å². The van der Waals surface area contributed by atoms with Gasteiger partial charge in [-0.05, 0) is 48.9 Å². The van der Waals surface area contributed by atoms with Crippen LogP contribution in [0.4, 0.5) is 10.2 Å². The van der Waals surface area contributed by atoms with Gasteiger partial charge in [-0.25, -0.2) is 14.4 Å². The van der Waals surface area contributed by atoms with Crippen molar-refractivity contribution in [2.45, 2.75) is 38.8 Å². The predicted molar refractivity (Wildman–Crippen MR) is 139 cm³/mol. The van der Waals surface area contributed by atoms with Crippen molar-refractivity contribution in [3.8, 4) is 0 Å². The minimum absolute atomic E-state index is 0.0468. The first-order valence-electron chi connectivity index (χ1n) is 11.9. The summed E-state index contributed by atoms with van der Waals surface area (Å²) in [6, 6.07) is 12.2. The van der Waals surface area contributed by atoms with Crippen LogP contribution < -0.4 is 4.90 Å². The van der Waals surface area contributed by atoms with E-state index in [1.54, 1.807) is 0 Å². The summed E-state index contributed by atoms with van der Waals surface area (Å²) in [5.74, 6) is 0.121. The third-order valence-electron chi connectivity index (χ3n) is 7.28. The Balaban J connectivity index is 1.55. The lowest BCUT2D eigenvalue weighted by atomic mass is 9.94. The number of likely N-dealkylation sites (tertiary alicyclic amines) is 1. The summed E-state index contributed by atoms with van der Waals surface area (Å²) in [5.41, 5.74) is 2.86. The van der Waals surface area contributed by atoms with Crippen molar-refractivity contribution < 1.29 is 9.18 Å². The molecule has 2 atom stereocenters. The van der Waals surface area contributed by atoms with Crippen molar-refractivity contribution in [3.63, 3.8) is 0 Å².